The van der Waals surface area contributed by atoms with Gasteiger partial charge in [0.05, 0.1) is 11.8 Å². The number of halogens is 3. The van der Waals surface area contributed by atoms with Crippen LogP contribution in [0.1, 0.15) is 22.7 Å². The number of aromatic nitrogens is 1. The van der Waals surface area contributed by atoms with E-state index < -0.39 is 18.3 Å². The number of nitrogens with zero attached hydrogens (tertiary/aromatic N) is 3. The number of nitrogens with two attached hydrogens (primary N) is 1. The molecule has 0 aliphatic rings. The summed E-state index contributed by atoms with van der Waals surface area (Å²) >= 11 is 0. The van der Waals surface area contributed by atoms with Crippen molar-refractivity contribution in [2.24, 2.45) is 11.0 Å². The van der Waals surface area contributed by atoms with Crippen LogP contribution in [0, 0.1) is 10.3 Å². The van der Waals surface area contributed by atoms with Gasteiger partial charge in [-0.3, -0.25) is 19.9 Å². The number of amides is 1. The van der Waals surface area contributed by atoms with Gasteiger partial charge in [0.25, 0.3) is 5.91 Å². The molecule has 0 saturated carbocycles. The number of amidine groups is 1. The molecule has 1 aromatic heterocycles. The van der Waals surface area contributed by atoms with Gasteiger partial charge in [-0.05, 0) is 53.6 Å². The Kier molecular flexibility index (Phi) is 13.8. The third kappa shape index (κ3) is 11.8. The highest BCUT2D eigenvalue weighted by atomic mass is 19.4. The SMILES string of the molecule is C=CCOc1ccc(C(Nc2ccc(C(=N)N)cc2)C(=O)NN(Cc2cccnc2)N=O)cc1OCC=C.COC(F)(F)F. The van der Waals surface area contributed by atoms with Crippen molar-refractivity contribution in [3.05, 3.63) is 114 Å². The Balaban J connectivity index is 0.00000102. The average molecular weight is 616 g/mol. The third-order valence-electron chi connectivity index (χ3n) is 5.41. The number of nitrogen functional groups attached to an aromatic ring is 1. The van der Waals surface area contributed by atoms with Crippen molar-refractivity contribution in [1.29, 1.82) is 5.41 Å². The van der Waals surface area contributed by atoms with Crippen molar-refractivity contribution in [1.82, 2.24) is 15.5 Å². The standard InChI is InChI=1S/C27H29N7O4.C2H3F3O/c1-3-14-37-23-12-9-21(16-24(23)38-15-4-2)25(31-22-10-7-20(8-11-22)26(28)29)27(35)32-34(33-36)18-19-6-5-13-30-17-19;1-6-2(3,4)5/h3-13,16-17,25,31H,1-2,14-15,18H2,(H3,28,29)(H,32,35);1H3. The quantitative estimate of drug-likeness (QED) is 0.0604. The second-order valence-corrected chi connectivity index (χ2v) is 8.60. The second-order valence-electron chi connectivity index (χ2n) is 8.60. The fourth-order valence-electron chi connectivity index (χ4n) is 3.39. The molecule has 0 bridgehead atoms. The number of benzene rings is 2. The van der Waals surface area contributed by atoms with Crippen LogP contribution in [-0.2, 0) is 16.1 Å². The van der Waals surface area contributed by atoms with Gasteiger partial charge in [-0.15, -0.1) is 18.1 Å². The Morgan fingerprint density at radius 3 is 2.27 bits per heavy atom. The number of methoxy groups -OCH3 is 1. The molecule has 1 unspecified atom stereocenters. The zero-order chi connectivity index (χ0) is 32.5. The molecular formula is C29H32F3N7O5. The van der Waals surface area contributed by atoms with E-state index in [9.17, 15) is 22.9 Å². The highest BCUT2D eigenvalue weighted by molar-refractivity contribution is 5.95. The maximum Gasteiger partial charge on any atom is 0.522 e. The first-order chi connectivity index (χ1) is 21.0. The smallest absolute Gasteiger partial charge is 0.486 e. The van der Waals surface area contributed by atoms with Crippen molar-refractivity contribution in [2.75, 3.05) is 25.6 Å². The molecule has 1 atom stereocenters. The molecule has 0 radical (unpaired) electrons. The molecule has 44 heavy (non-hydrogen) atoms. The van der Waals surface area contributed by atoms with E-state index in [-0.39, 0.29) is 25.6 Å². The summed E-state index contributed by atoms with van der Waals surface area (Å²) in [6.45, 7) is 7.84. The summed E-state index contributed by atoms with van der Waals surface area (Å²) in [6, 6.07) is 14.3. The van der Waals surface area contributed by atoms with Crippen LogP contribution < -0.4 is 25.9 Å². The van der Waals surface area contributed by atoms with Gasteiger partial charge in [-0.25, -0.2) is 5.43 Å². The van der Waals surface area contributed by atoms with E-state index in [0.717, 1.165) is 5.12 Å². The lowest BCUT2D eigenvalue weighted by molar-refractivity contribution is -0.311. The lowest BCUT2D eigenvalue weighted by atomic mass is 10.0. The largest absolute Gasteiger partial charge is 0.522 e. The number of hydrogen-bond donors (Lipinski definition) is 4. The summed E-state index contributed by atoms with van der Waals surface area (Å²) in [7, 11) is 0.583. The number of hydrogen-bond acceptors (Lipinski definition) is 9. The first-order valence-corrected chi connectivity index (χ1v) is 12.8. The molecule has 5 N–H and O–H groups in total. The Bertz CT molecular complexity index is 1390. The molecule has 1 amide bonds. The number of pyridine rings is 1. The van der Waals surface area contributed by atoms with Gasteiger partial charge < -0.3 is 20.5 Å². The van der Waals surface area contributed by atoms with Gasteiger partial charge in [0.2, 0.25) is 0 Å². The summed E-state index contributed by atoms with van der Waals surface area (Å²) in [5.41, 5.74) is 10.4. The Morgan fingerprint density at radius 2 is 1.75 bits per heavy atom. The predicted octanol–water partition coefficient (Wildman–Crippen LogP) is 5.02. The Morgan fingerprint density at radius 1 is 1.11 bits per heavy atom. The fourth-order valence-corrected chi connectivity index (χ4v) is 3.39. The van der Waals surface area contributed by atoms with Crippen molar-refractivity contribution in [3.8, 4) is 11.5 Å². The molecule has 12 nitrogen and oxygen atoms in total. The van der Waals surface area contributed by atoms with Crippen molar-refractivity contribution in [3.63, 3.8) is 0 Å². The Hall–Kier alpha value is -5.44. The molecule has 3 aromatic rings. The maximum atomic E-state index is 13.5. The van der Waals surface area contributed by atoms with Gasteiger partial charge >= 0.3 is 6.36 Å². The number of rotatable bonds is 15. The molecule has 0 aliphatic heterocycles. The lowest BCUT2D eigenvalue weighted by Crippen LogP contribution is -2.42. The average Bonchev–Trinajstić information content (AvgIpc) is 3.02. The number of nitrogens with one attached hydrogen (secondary N) is 3. The minimum absolute atomic E-state index is 0.0190. The van der Waals surface area contributed by atoms with Crippen molar-refractivity contribution in [2.45, 2.75) is 18.9 Å². The molecule has 0 saturated heterocycles. The minimum atomic E-state index is -4.46. The molecular weight excluding hydrogens is 583 g/mol. The van der Waals surface area contributed by atoms with E-state index in [4.69, 9.17) is 20.6 Å². The lowest BCUT2D eigenvalue weighted by Gasteiger charge is -2.24. The maximum absolute atomic E-state index is 13.5. The highest BCUT2D eigenvalue weighted by Crippen LogP contribution is 2.32. The van der Waals surface area contributed by atoms with E-state index in [0.29, 0.717) is 41.0 Å². The number of alkyl halides is 3. The number of ether oxygens (including phenoxy) is 3. The normalized spacial score (nSPS) is 11.1. The van der Waals surface area contributed by atoms with E-state index in [1.54, 1.807) is 79.1 Å². The molecule has 3 rings (SSSR count). The van der Waals surface area contributed by atoms with Gasteiger partial charge in [0.15, 0.2) is 11.5 Å². The van der Waals surface area contributed by atoms with Crippen LogP contribution in [0.5, 0.6) is 11.5 Å². The van der Waals surface area contributed by atoms with Crippen LogP contribution in [0.15, 0.2) is 97.6 Å². The summed E-state index contributed by atoms with van der Waals surface area (Å²) in [4.78, 5) is 29.0. The summed E-state index contributed by atoms with van der Waals surface area (Å²) in [6.07, 6.45) is 1.92. The van der Waals surface area contributed by atoms with Gasteiger partial charge in [-0.2, -0.15) is 5.12 Å². The molecule has 0 fully saturated rings. The van der Waals surface area contributed by atoms with Crippen LogP contribution >= 0.6 is 0 Å². The molecule has 0 spiro atoms. The number of nitroso groups, excluding NO2 is 1. The van der Waals surface area contributed by atoms with Crippen molar-refractivity contribution < 1.29 is 32.2 Å². The zero-order valence-electron chi connectivity index (χ0n) is 23.7. The predicted molar refractivity (Wildman–Crippen MR) is 158 cm³/mol. The van der Waals surface area contributed by atoms with Crippen LogP contribution in [-0.4, -0.2) is 48.5 Å². The van der Waals surface area contributed by atoms with E-state index in [1.165, 1.54) is 0 Å². The van der Waals surface area contributed by atoms with Gasteiger partial charge in [0, 0.05) is 30.8 Å². The van der Waals surface area contributed by atoms with Crippen LogP contribution in [0.4, 0.5) is 18.9 Å². The number of carbonyl (C=O) groups excluding carboxylic acids is 1. The Labute approximate surface area is 251 Å². The van der Waals surface area contributed by atoms with Gasteiger partial charge in [-0.1, -0.05) is 37.4 Å². The summed E-state index contributed by atoms with van der Waals surface area (Å²) < 4.78 is 46.1. The topological polar surface area (TPSA) is 164 Å². The fraction of sp³-hybridized carbons (Fsp3) is 0.207. The third-order valence-corrected chi connectivity index (χ3v) is 5.41. The monoisotopic (exact) mass is 615 g/mol. The van der Waals surface area contributed by atoms with Crippen LogP contribution in [0.25, 0.3) is 0 Å². The molecule has 234 valence electrons. The first-order valence-electron chi connectivity index (χ1n) is 12.8. The first kappa shape index (κ1) is 34.8. The molecule has 15 heteroatoms. The van der Waals surface area contributed by atoms with E-state index >= 15 is 0 Å². The van der Waals surface area contributed by atoms with Crippen molar-refractivity contribution >= 4 is 17.4 Å². The van der Waals surface area contributed by atoms with E-state index in [1.807, 2.05) is 0 Å². The molecule has 1 heterocycles. The second kappa shape index (κ2) is 17.5. The zero-order valence-corrected chi connectivity index (χ0v) is 23.7. The highest BCUT2D eigenvalue weighted by Gasteiger charge is 2.26. The number of anilines is 1. The molecule has 0 aliphatic carbocycles. The minimum Gasteiger partial charge on any atom is -0.486 e. The van der Waals surface area contributed by atoms with Crippen LogP contribution in [0.3, 0.4) is 0 Å². The summed E-state index contributed by atoms with van der Waals surface area (Å²) in [5.74, 6) is 0.233. The number of carbonyl (C=O) groups is 1. The van der Waals surface area contributed by atoms with Gasteiger partial charge in [0.1, 0.15) is 25.1 Å². The number of hydrazine groups is 1. The molecule has 2 aromatic carbocycles. The van der Waals surface area contributed by atoms with E-state index in [2.05, 4.69) is 38.9 Å². The van der Waals surface area contributed by atoms with Crippen LogP contribution in [0.2, 0.25) is 0 Å². The summed E-state index contributed by atoms with van der Waals surface area (Å²) in [5, 5.41) is 14.6.